The van der Waals surface area contributed by atoms with Crippen molar-refractivity contribution in [1.82, 2.24) is 0 Å². The third-order valence-electron chi connectivity index (χ3n) is 2.97. The van der Waals surface area contributed by atoms with Crippen molar-refractivity contribution in [2.75, 3.05) is 5.32 Å². The first-order valence-corrected chi connectivity index (χ1v) is 6.58. The van der Waals surface area contributed by atoms with Gasteiger partial charge in [-0.1, -0.05) is 48.0 Å². The summed E-state index contributed by atoms with van der Waals surface area (Å²) in [5, 5.41) is 2.86. The zero-order valence-electron chi connectivity index (χ0n) is 11.8. The van der Waals surface area contributed by atoms with Crippen LogP contribution in [0, 0.1) is 6.92 Å². The smallest absolute Gasteiger partial charge is 0.355 e. The highest BCUT2D eigenvalue weighted by molar-refractivity contribution is 6.02. The molecule has 0 atom stereocenters. The van der Waals surface area contributed by atoms with Crippen LogP contribution in [0.2, 0.25) is 0 Å². The summed E-state index contributed by atoms with van der Waals surface area (Å²) in [6.07, 6.45) is -4.31. The van der Waals surface area contributed by atoms with E-state index in [1.807, 2.05) is 6.92 Å². The molecule has 22 heavy (non-hydrogen) atoms. The van der Waals surface area contributed by atoms with E-state index in [-0.39, 0.29) is 5.70 Å². The summed E-state index contributed by atoms with van der Waals surface area (Å²) in [5.41, 5.74) is 2.19. The van der Waals surface area contributed by atoms with Crippen molar-refractivity contribution in [2.24, 2.45) is 0 Å². The molecule has 2 aromatic carbocycles. The maximum absolute atomic E-state index is 12.5. The molecule has 114 valence electrons. The number of allylic oxidation sites excluding steroid dienone is 1. The van der Waals surface area contributed by atoms with Gasteiger partial charge in [0.25, 0.3) is 5.78 Å². The second-order valence-corrected chi connectivity index (χ2v) is 4.78. The Morgan fingerprint density at radius 1 is 1.00 bits per heavy atom. The fourth-order valence-electron chi connectivity index (χ4n) is 1.81. The molecular formula is C17H14F3NO. The van der Waals surface area contributed by atoms with Gasteiger partial charge in [-0.25, -0.2) is 0 Å². The molecule has 0 spiro atoms. The highest BCUT2D eigenvalue weighted by Crippen LogP contribution is 2.23. The maximum Gasteiger partial charge on any atom is 0.454 e. The number of aryl methyl sites for hydroxylation is 1. The van der Waals surface area contributed by atoms with Crippen LogP contribution in [-0.2, 0) is 4.79 Å². The topological polar surface area (TPSA) is 29.1 Å². The van der Waals surface area contributed by atoms with Crippen molar-refractivity contribution >= 4 is 17.2 Å². The molecule has 2 rings (SSSR count). The molecule has 0 fully saturated rings. The van der Waals surface area contributed by atoms with Crippen molar-refractivity contribution < 1.29 is 18.0 Å². The molecule has 2 aromatic rings. The summed E-state index contributed by atoms with van der Waals surface area (Å²) in [6, 6.07) is 15.6. The molecule has 1 N–H and O–H groups in total. The monoisotopic (exact) mass is 305 g/mol. The third-order valence-corrected chi connectivity index (χ3v) is 2.97. The number of ketones is 1. The van der Waals surface area contributed by atoms with E-state index < -0.39 is 12.0 Å². The summed E-state index contributed by atoms with van der Waals surface area (Å²) in [4.78, 5) is 11.3. The Morgan fingerprint density at radius 2 is 1.59 bits per heavy atom. The van der Waals surface area contributed by atoms with Crippen LogP contribution in [0.3, 0.4) is 0 Å². The molecule has 0 amide bonds. The van der Waals surface area contributed by atoms with Gasteiger partial charge < -0.3 is 5.32 Å². The fraction of sp³-hybridized carbons (Fsp3) is 0.118. The van der Waals surface area contributed by atoms with E-state index in [9.17, 15) is 18.0 Å². The van der Waals surface area contributed by atoms with Crippen LogP contribution in [0.1, 0.15) is 11.1 Å². The van der Waals surface area contributed by atoms with Crippen LogP contribution >= 0.6 is 0 Å². The van der Waals surface area contributed by atoms with Crippen molar-refractivity contribution in [2.45, 2.75) is 13.1 Å². The van der Waals surface area contributed by atoms with Gasteiger partial charge in [0.15, 0.2) is 0 Å². The number of anilines is 1. The molecule has 0 aromatic heterocycles. The van der Waals surface area contributed by atoms with Crippen molar-refractivity contribution in [3.05, 3.63) is 71.8 Å². The van der Waals surface area contributed by atoms with Gasteiger partial charge in [-0.2, -0.15) is 13.2 Å². The van der Waals surface area contributed by atoms with Gasteiger partial charge in [-0.15, -0.1) is 0 Å². The number of alkyl halides is 3. The number of carbonyl (C=O) groups is 1. The summed E-state index contributed by atoms with van der Waals surface area (Å²) in [5.74, 6) is -1.90. The number of benzene rings is 2. The second kappa shape index (κ2) is 6.47. The van der Waals surface area contributed by atoms with Crippen LogP contribution in [0.5, 0.6) is 0 Å². The van der Waals surface area contributed by atoms with Gasteiger partial charge in [-0.3, -0.25) is 4.79 Å². The van der Waals surface area contributed by atoms with Crippen LogP contribution in [0.15, 0.2) is 60.7 Å². The van der Waals surface area contributed by atoms with Crippen LogP contribution in [-0.4, -0.2) is 12.0 Å². The fourth-order valence-corrected chi connectivity index (χ4v) is 1.81. The molecule has 0 unspecified atom stereocenters. The van der Waals surface area contributed by atoms with Gasteiger partial charge in [0.2, 0.25) is 0 Å². The number of rotatable bonds is 4. The largest absolute Gasteiger partial charge is 0.454 e. The normalized spacial score (nSPS) is 12.1. The Balaban J connectivity index is 2.38. The number of hydrogen-bond acceptors (Lipinski definition) is 2. The molecule has 0 aliphatic heterocycles. The van der Waals surface area contributed by atoms with E-state index in [0.717, 1.165) is 5.56 Å². The third kappa shape index (κ3) is 4.22. The average molecular weight is 305 g/mol. The summed E-state index contributed by atoms with van der Waals surface area (Å²) in [7, 11) is 0. The molecule has 2 nitrogen and oxygen atoms in total. The van der Waals surface area contributed by atoms with Crippen LogP contribution in [0.25, 0.3) is 5.70 Å². The van der Waals surface area contributed by atoms with E-state index in [4.69, 9.17) is 0 Å². The first-order chi connectivity index (χ1) is 10.4. The Kier molecular flexibility index (Phi) is 4.65. The summed E-state index contributed by atoms with van der Waals surface area (Å²) in [6.45, 7) is 1.87. The number of nitrogens with one attached hydrogen (secondary N) is 1. The molecule has 5 heteroatoms. The van der Waals surface area contributed by atoms with Gasteiger partial charge in [0, 0.05) is 17.5 Å². The number of hydrogen-bond donors (Lipinski definition) is 1. The highest BCUT2D eigenvalue weighted by atomic mass is 19.4. The lowest BCUT2D eigenvalue weighted by Crippen LogP contribution is -2.21. The van der Waals surface area contributed by atoms with Crippen molar-refractivity contribution in [3.8, 4) is 0 Å². The van der Waals surface area contributed by atoms with E-state index in [2.05, 4.69) is 5.32 Å². The highest BCUT2D eigenvalue weighted by Gasteiger charge is 2.36. The molecule has 0 heterocycles. The molecule has 0 saturated heterocycles. The lowest BCUT2D eigenvalue weighted by atomic mass is 10.1. The Hall–Kier alpha value is -2.56. The molecule has 0 saturated carbocycles. The molecule has 0 radical (unpaired) electrons. The molecule has 0 aliphatic rings. The van der Waals surface area contributed by atoms with E-state index in [1.165, 1.54) is 0 Å². The van der Waals surface area contributed by atoms with E-state index >= 15 is 0 Å². The first kappa shape index (κ1) is 15.8. The summed E-state index contributed by atoms with van der Waals surface area (Å²) < 4.78 is 37.5. The minimum atomic E-state index is -4.89. The minimum Gasteiger partial charge on any atom is -0.355 e. The minimum absolute atomic E-state index is 0.105. The first-order valence-electron chi connectivity index (χ1n) is 6.58. The summed E-state index contributed by atoms with van der Waals surface area (Å²) >= 11 is 0. The van der Waals surface area contributed by atoms with Gasteiger partial charge in [-0.05, 0) is 24.6 Å². The lowest BCUT2D eigenvalue weighted by Gasteiger charge is -2.12. The molecular weight excluding hydrogens is 291 g/mol. The van der Waals surface area contributed by atoms with Crippen LogP contribution < -0.4 is 5.32 Å². The second-order valence-electron chi connectivity index (χ2n) is 4.78. The quantitative estimate of drug-likeness (QED) is 0.838. The van der Waals surface area contributed by atoms with Crippen molar-refractivity contribution in [3.63, 3.8) is 0 Å². The zero-order chi connectivity index (χ0) is 16.2. The van der Waals surface area contributed by atoms with E-state index in [1.54, 1.807) is 54.6 Å². The Morgan fingerprint density at radius 3 is 2.14 bits per heavy atom. The Labute approximate surface area is 126 Å². The van der Waals surface area contributed by atoms with Gasteiger partial charge >= 0.3 is 6.18 Å². The predicted octanol–water partition coefficient (Wildman–Crippen LogP) is 4.58. The van der Waals surface area contributed by atoms with Crippen LogP contribution in [0.4, 0.5) is 18.9 Å². The lowest BCUT2D eigenvalue weighted by molar-refractivity contribution is -0.165. The van der Waals surface area contributed by atoms with E-state index in [0.29, 0.717) is 17.3 Å². The predicted molar refractivity (Wildman–Crippen MR) is 80.3 cm³/mol. The van der Waals surface area contributed by atoms with Gasteiger partial charge in [0.05, 0.1) is 0 Å². The number of carbonyl (C=O) groups excluding carboxylic acids is 1. The Bertz CT molecular complexity index is 673. The van der Waals surface area contributed by atoms with Gasteiger partial charge in [0.1, 0.15) is 0 Å². The maximum atomic E-state index is 12.5. The number of para-hydroxylation sites is 1. The zero-order valence-corrected chi connectivity index (χ0v) is 11.8. The molecule has 0 aliphatic carbocycles. The van der Waals surface area contributed by atoms with Crippen molar-refractivity contribution in [1.29, 1.82) is 0 Å². The standard InChI is InChI=1S/C17H14F3NO/c1-12-7-9-13(10-8-12)15(11-16(22)17(18,19)20)21-14-5-3-2-4-6-14/h2-11,21H,1H3/b15-11+. The SMILES string of the molecule is Cc1ccc(/C(=C\C(=O)C(F)(F)F)Nc2ccccc2)cc1. The number of halogens is 3. The average Bonchev–Trinajstić information content (AvgIpc) is 2.47. The molecule has 0 bridgehead atoms.